The highest BCUT2D eigenvalue weighted by molar-refractivity contribution is 5.89. The highest BCUT2D eigenvalue weighted by Gasteiger charge is 2.20. The molecule has 0 saturated carbocycles. The molecule has 0 N–H and O–H groups in total. The third-order valence-corrected chi connectivity index (χ3v) is 4.98. The van der Waals surface area contributed by atoms with Crippen LogP contribution in [0, 0.1) is 34.6 Å². The number of rotatable bonds is 2. The van der Waals surface area contributed by atoms with E-state index in [4.69, 9.17) is 0 Å². The first-order valence-electron chi connectivity index (χ1n) is 8.83. The Morgan fingerprint density at radius 2 is 1.25 bits per heavy atom. The summed E-state index contributed by atoms with van der Waals surface area (Å²) in [5, 5.41) is 0. The van der Waals surface area contributed by atoms with Gasteiger partial charge in [0.2, 0.25) is 0 Å². The molecule has 0 unspecified atom stereocenters. The summed E-state index contributed by atoms with van der Waals surface area (Å²) >= 11 is 0. The summed E-state index contributed by atoms with van der Waals surface area (Å²) in [6.45, 7) is 15.5. The van der Waals surface area contributed by atoms with Gasteiger partial charge in [-0.25, -0.2) is 0 Å². The van der Waals surface area contributed by atoms with E-state index in [0.717, 1.165) is 0 Å². The van der Waals surface area contributed by atoms with Crippen molar-refractivity contribution in [3.05, 3.63) is 64.5 Å². The molecule has 0 amide bonds. The van der Waals surface area contributed by atoms with Crippen LogP contribution in [-0.4, -0.2) is 0 Å². The second-order valence-electron chi connectivity index (χ2n) is 7.42. The van der Waals surface area contributed by atoms with Gasteiger partial charge in [-0.3, -0.25) is 0 Å². The minimum absolute atomic E-state index is 0.486. The minimum atomic E-state index is 0.486. The quantitative estimate of drug-likeness (QED) is 0.520. The van der Waals surface area contributed by atoms with Crippen molar-refractivity contribution in [3.8, 4) is 22.3 Å². The van der Waals surface area contributed by atoms with Gasteiger partial charge < -0.3 is 0 Å². The lowest BCUT2D eigenvalue weighted by molar-refractivity contribution is -0.727. The predicted molar refractivity (Wildman–Crippen MR) is 103 cm³/mol. The molecule has 0 spiro atoms. The Kier molecular flexibility index (Phi) is 4.21. The van der Waals surface area contributed by atoms with Crippen molar-refractivity contribution in [2.45, 2.75) is 54.5 Å². The number of nitrogens with zero attached hydrogens (tertiary/aromatic N) is 1. The SMILES string of the molecule is Cc1cc(C)c2ccc(-c3cc(C)[n+](C(C)C)c(C)c3)c-2c(C)c1. The van der Waals surface area contributed by atoms with E-state index >= 15 is 0 Å². The Morgan fingerprint density at radius 3 is 1.83 bits per heavy atom. The van der Waals surface area contributed by atoms with Crippen LogP contribution in [-0.2, 0) is 0 Å². The van der Waals surface area contributed by atoms with Crippen molar-refractivity contribution in [2.24, 2.45) is 0 Å². The molecular weight excluding hydrogens is 290 g/mol. The van der Waals surface area contributed by atoms with E-state index in [1.807, 2.05) is 0 Å². The van der Waals surface area contributed by atoms with Crippen LogP contribution in [0.4, 0.5) is 0 Å². The van der Waals surface area contributed by atoms with E-state index in [1.165, 1.54) is 50.3 Å². The smallest absolute Gasteiger partial charge is 0.179 e. The van der Waals surface area contributed by atoms with E-state index in [9.17, 15) is 0 Å². The molecule has 3 rings (SSSR count). The van der Waals surface area contributed by atoms with Crippen LogP contribution in [0.2, 0.25) is 0 Å². The average molecular weight is 318 g/mol. The van der Waals surface area contributed by atoms with Gasteiger partial charge in [0.05, 0.1) is 0 Å². The molecule has 1 aromatic rings. The third-order valence-electron chi connectivity index (χ3n) is 4.98. The fraction of sp³-hybridized carbons (Fsp3) is 0.348. The fourth-order valence-corrected chi connectivity index (χ4v) is 4.23. The van der Waals surface area contributed by atoms with Crippen LogP contribution < -0.4 is 4.57 Å². The molecule has 1 heterocycles. The highest BCUT2D eigenvalue weighted by Crippen LogP contribution is 2.39. The van der Waals surface area contributed by atoms with Gasteiger partial charge in [0.25, 0.3) is 0 Å². The van der Waals surface area contributed by atoms with E-state index in [1.54, 1.807) is 0 Å². The molecule has 0 aromatic carbocycles. The van der Waals surface area contributed by atoms with Crippen LogP contribution in [0.3, 0.4) is 0 Å². The summed E-state index contributed by atoms with van der Waals surface area (Å²) in [7, 11) is 0. The summed E-state index contributed by atoms with van der Waals surface area (Å²) in [4.78, 5) is 0. The molecule has 124 valence electrons. The number of pyridine rings is 1. The van der Waals surface area contributed by atoms with Gasteiger partial charge in [-0.05, 0) is 68.0 Å². The van der Waals surface area contributed by atoms with Gasteiger partial charge >= 0.3 is 0 Å². The molecule has 0 radical (unpaired) electrons. The van der Waals surface area contributed by atoms with Crippen molar-refractivity contribution in [1.82, 2.24) is 0 Å². The van der Waals surface area contributed by atoms with Crippen molar-refractivity contribution in [1.29, 1.82) is 0 Å². The topological polar surface area (TPSA) is 3.88 Å². The van der Waals surface area contributed by atoms with Crippen LogP contribution in [0.15, 0.2) is 36.4 Å². The lowest BCUT2D eigenvalue weighted by Crippen LogP contribution is -2.42. The zero-order valence-corrected chi connectivity index (χ0v) is 16.0. The summed E-state index contributed by atoms with van der Waals surface area (Å²) in [5.41, 5.74) is 12.1. The molecule has 0 fully saturated rings. The van der Waals surface area contributed by atoms with Gasteiger partial charge in [0, 0.05) is 26.0 Å². The zero-order valence-electron chi connectivity index (χ0n) is 16.0. The number of hydrogen-bond donors (Lipinski definition) is 0. The predicted octanol–water partition coefficient (Wildman–Crippen LogP) is 5.87. The number of aromatic nitrogens is 1. The van der Waals surface area contributed by atoms with Crippen LogP contribution in [0.25, 0.3) is 22.3 Å². The van der Waals surface area contributed by atoms with Gasteiger partial charge in [-0.2, -0.15) is 4.57 Å². The van der Waals surface area contributed by atoms with Gasteiger partial charge in [-0.15, -0.1) is 0 Å². The minimum Gasteiger partial charge on any atom is -0.198 e. The van der Waals surface area contributed by atoms with Crippen LogP contribution in [0.1, 0.15) is 48.0 Å². The zero-order chi connectivity index (χ0) is 17.6. The maximum atomic E-state index is 2.40. The van der Waals surface area contributed by atoms with Gasteiger partial charge in [0.1, 0.15) is 0 Å². The molecule has 1 nitrogen and oxygen atoms in total. The first-order chi connectivity index (χ1) is 11.3. The molecular formula is C23H28N+. The number of fused-ring (bicyclic) bond motifs is 1. The lowest BCUT2D eigenvalue weighted by Gasteiger charge is -2.11. The summed E-state index contributed by atoms with van der Waals surface area (Å²) in [6, 6.07) is 14.3. The van der Waals surface area contributed by atoms with Crippen molar-refractivity contribution < 1.29 is 4.57 Å². The van der Waals surface area contributed by atoms with E-state index in [0.29, 0.717) is 6.04 Å². The van der Waals surface area contributed by atoms with Crippen LogP contribution >= 0.6 is 0 Å². The molecule has 0 bridgehead atoms. The number of hydrogen-bond acceptors (Lipinski definition) is 0. The summed E-state index contributed by atoms with van der Waals surface area (Å²) in [6.07, 6.45) is 0. The Hall–Kier alpha value is -2.15. The van der Waals surface area contributed by atoms with Gasteiger partial charge in [-0.1, -0.05) is 29.8 Å². The standard InChI is InChI=1S/C23H28N/c1-14(2)24-18(6)12-20(13-19(24)7)22-9-8-21-16(4)10-15(3)11-17(5)23(21)22/h8-14H,1-7H3/q+1. The maximum absolute atomic E-state index is 2.40. The van der Waals surface area contributed by atoms with Crippen molar-refractivity contribution >= 4 is 0 Å². The Labute approximate surface area is 146 Å². The molecule has 2 aliphatic rings. The van der Waals surface area contributed by atoms with Crippen molar-refractivity contribution in [2.75, 3.05) is 0 Å². The molecule has 0 saturated heterocycles. The Morgan fingerprint density at radius 1 is 0.708 bits per heavy atom. The normalized spacial score (nSPS) is 11.5. The lowest BCUT2D eigenvalue weighted by atomic mass is 9.97. The van der Waals surface area contributed by atoms with Crippen molar-refractivity contribution in [3.63, 3.8) is 0 Å². The van der Waals surface area contributed by atoms with E-state index in [2.05, 4.69) is 89.4 Å². The second-order valence-corrected chi connectivity index (χ2v) is 7.42. The van der Waals surface area contributed by atoms with E-state index < -0.39 is 0 Å². The molecule has 2 aliphatic carbocycles. The second kappa shape index (κ2) is 6.05. The highest BCUT2D eigenvalue weighted by atomic mass is 15.0. The Balaban J connectivity index is 2.27. The summed E-state index contributed by atoms with van der Waals surface area (Å²) in [5.74, 6) is 0. The molecule has 0 atom stereocenters. The first kappa shape index (κ1) is 16.7. The summed E-state index contributed by atoms with van der Waals surface area (Å²) < 4.78 is 2.40. The maximum Gasteiger partial charge on any atom is 0.179 e. The van der Waals surface area contributed by atoms with E-state index in [-0.39, 0.29) is 0 Å². The Bertz CT molecular complexity index is 864. The number of aryl methyl sites for hydroxylation is 5. The van der Waals surface area contributed by atoms with Gasteiger partial charge in [0.15, 0.2) is 17.4 Å². The average Bonchev–Trinajstić information content (AvgIpc) is 2.86. The third kappa shape index (κ3) is 2.73. The molecule has 1 heteroatoms. The largest absolute Gasteiger partial charge is 0.198 e. The van der Waals surface area contributed by atoms with Crippen LogP contribution in [0.5, 0.6) is 0 Å². The molecule has 0 aliphatic heterocycles. The fourth-order valence-electron chi connectivity index (χ4n) is 4.23. The molecule has 24 heavy (non-hydrogen) atoms. The molecule has 1 aromatic heterocycles. The monoisotopic (exact) mass is 318 g/mol. The first-order valence-corrected chi connectivity index (χ1v) is 8.83.